The van der Waals surface area contributed by atoms with Crippen molar-refractivity contribution in [2.24, 2.45) is 0 Å². The van der Waals surface area contributed by atoms with Crippen molar-refractivity contribution in [2.75, 3.05) is 25.0 Å². The predicted molar refractivity (Wildman–Crippen MR) is 74.2 cm³/mol. The van der Waals surface area contributed by atoms with Gasteiger partial charge in [-0.25, -0.2) is 4.79 Å². The molecule has 3 rings (SSSR count). The van der Waals surface area contributed by atoms with E-state index in [1.54, 1.807) is 6.20 Å². The Bertz CT molecular complexity index is 593. The van der Waals surface area contributed by atoms with Crippen LogP contribution in [0.4, 0.5) is 10.5 Å². The molecule has 0 radical (unpaired) electrons. The Hall–Kier alpha value is -2.08. The monoisotopic (exact) mass is 259 g/mol. The molecule has 100 valence electrons. The predicted octanol–water partition coefficient (Wildman–Crippen LogP) is 1.39. The molecule has 2 aromatic rings. The van der Waals surface area contributed by atoms with E-state index in [-0.39, 0.29) is 6.03 Å². The number of hydrogen-bond acceptors (Lipinski definition) is 3. The van der Waals surface area contributed by atoms with Crippen molar-refractivity contribution in [3.63, 3.8) is 0 Å². The normalized spacial score (nSPS) is 19.6. The lowest BCUT2D eigenvalue weighted by atomic mass is 10.2. The van der Waals surface area contributed by atoms with Crippen LogP contribution in [-0.2, 0) is 0 Å². The summed E-state index contributed by atoms with van der Waals surface area (Å²) in [5, 5.41) is 14.2. The molecule has 0 bridgehead atoms. The zero-order valence-electron chi connectivity index (χ0n) is 10.8. The first-order valence-corrected chi connectivity index (χ1v) is 6.45. The van der Waals surface area contributed by atoms with E-state index in [2.05, 4.69) is 27.8 Å². The fraction of sp³-hybridized carbons (Fsp3) is 0.385. The van der Waals surface area contributed by atoms with E-state index >= 15 is 0 Å². The number of fused-ring (bicyclic) bond motifs is 1. The highest BCUT2D eigenvalue weighted by atomic mass is 16.2. The van der Waals surface area contributed by atoms with E-state index in [4.69, 9.17) is 0 Å². The number of anilines is 1. The average Bonchev–Trinajstić information content (AvgIpc) is 2.88. The van der Waals surface area contributed by atoms with E-state index < -0.39 is 0 Å². The number of aromatic amines is 1. The summed E-state index contributed by atoms with van der Waals surface area (Å²) in [5.41, 5.74) is 1.63. The lowest BCUT2D eigenvalue weighted by Gasteiger charge is -2.31. The Morgan fingerprint density at radius 3 is 3.26 bits per heavy atom. The second kappa shape index (κ2) is 4.89. The zero-order chi connectivity index (χ0) is 13.2. The first-order chi connectivity index (χ1) is 9.24. The molecule has 1 aliphatic heterocycles. The van der Waals surface area contributed by atoms with Gasteiger partial charge < -0.3 is 15.5 Å². The van der Waals surface area contributed by atoms with Crippen molar-refractivity contribution in [1.29, 1.82) is 0 Å². The maximum atomic E-state index is 12.2. The van der Waals surface area contributed by atoms with Crippen LogP contribution >= 0.6 is 0 Å². The maximum Gasteiger partial charge on any atom is 0.322 e. The maximum absolute atomic E-state index is 12.2. The molecule has 1 saturated heterocycles. The van der Waals surface area contributed by atoms with Gasteiger partial charge in [0.1, 0.15) is 0 Å². The van der Waals surface area contributed by atoms with Gasteiger partial charge in [-0.15, -0.1) is 0 Å². The fourth-order valence-corrected chi connectivity index (χ4v) is 2.38. The van der Waals surface area contributed by atoms with E-state index in [1.165, 1.54) is 0 Å². The molecule has 1 aromatic carbocycles. The molecular weight excluding hydrogens is 242 g/mol. The zero-order valence-corrected chi connectivity index (χ0v) is 10.8. The Morgan fingerprint density at radius 2 is 2.42 bits per heavy atom. The lowest BCUT2D eigenvalue weighted by molar-refractivity contribution is 0.192. The quantitative estimate of drug-likeness (QED) is 0.724. The molecule has 1 aromatic heterocycles. The van der Waals surface area contributed by atoms with E-state index in [0.717, 1.165) is 36.2 Å². The Balaban J connectivity index is 1.77. The van der Waals surface area contributed by atoms with Crippen LogP contribution in [0.1, 0.15) is 6.92 Å². The molecule has 0 saturated carbocycles. The topological polar surface area (TPSA) is 73.0 Å². The summed E-state index contributed by atoms with van der Waals surface area (Å²) in [4.78, 5) is 14.1. The summed E-state index contributed by atoms with van der Waals surface area (Å²) in [6, 6.07) is 6.03. The van der Waals surface area contributed by atoms with Crippen LogP contribution in [0.5, 0.6) is 0 Å². The minimum absolute atomic E-state index is 0.0598. The number of H-pyrrole nitrogens is 1. The van der Waals surface area contributed by atoms with Crippen molar-refractivity contribution >= 4 is 22.6 Å². The number of hydrogen-bond donors (Lipinski definition) is 3. The first-order valence-electron chi connectivity index (χ1n) is 6.45. The van der Waals surface area contributed by atoms with Crippen LogP contribution in [0.3, 0.4) is 0 Å². The number of nitrogens with one attached hydrogen (secondary N) is 3. The van der Waals surface area contributed by atoms with Crippen LogP contribution in [0, 0.1) is 0 Å². The van der Waals surface area contributed by atoms with Gasteiger partial charge in [0.15, 0.2) is 0 Å². The van der Waals surface area contributed by atoms with Crippen molar-refractivity contribution in [2.45, 2.75) is 13.0 Å². The number of piperazine rings is 1. The molecule has 6 heteroatoms. The van der Waals surface area contributed by atoms with Gasteiger partial charge in [-0.1, -0.05) is 12.1 Å². The van der Waals surface area contributed by atoms with Gasteiger partial charge in [-0.05, 0) is 13.0 Å². The molecule has 0 aliphatic carbocycles. The number of aromatic nitrogens is 2. The van der Waals surface area contributed by atoms with Crippen LogP contribution in [0.25, 0.3) is 10.9 Å². The smallest absolute Gasteiger partial charge is 0.322 e. The van der Waals surface area contributed by atoms with Crippen LogP contribution < -0.4 is 10.6 Å². The van der Waals surface area contributed by atoms with Crippen molar-refractivity contribution < 1.29 is 4.79 Å². The molecule has 1 fully saturated rings. The van der Waals surface area contributed by atoms with Gasteiger partial charge in [-0.3, -0.25) is 5.10 Å². The third-order valence-electron chi connectivity index (χ3n) is 3.37. The summed E-state index contributed by atoms with van der Waals surface area (Å²) in [7, 11) is 0. The molecule has 1 atom stereocenters. The van der Waals surface area contributed by atoms with Crippen molar-refractivity contribution in [1.82, 2.24) is 20.4 Å². The van der Waals surface area contributed by atoms with Crippen molar-refractivity contribution in [3.05, 3.63) is 24.4 Å². The van der Waals surface area contributed by atoms with Crippen LogP contribution in [-0.4, -0.2) is 46.8 Å². The minimum atomic E-state index is -0.0598. The largest absolute Gasteiger partial charge is 0.322 e. The fourth-order valence-electron chi connectivity index (χ4n) is 2.38. The highest BCUT2D eigenvalue weighted by Crippen LogP contribution is 2.20. The van der Waals surface area contributed by atoms with E-state index in [1.807, 2.05) is 23.1 Å². The number of rotatable bonds is 1. The van der Waals surface area contributed by atoms with E-state index in [0.29, 0.717) is 6.04 Å². The Labute approximate surface area is 111 Å². The molecule has 1 unspecified atom stereocenters. The average molecular weight is 259 g/mol. The number of amides is 2. The third-order valence-corrected chi connectivity index (χ3v) is 3.37. The minimum Gasteiger partial charge on any atom is -0.322 e. The molecule has 3 N–H and O–H groups in total. The number of carbonyl (C=O) groups excluding carboxylic acids is 1. The molecular formula is C13H17N5O. The van der Waals surface area contributed by atoms with Crippen LogP contribution in [0.2, 0.25) is 0 Å². The first kappa shape index (κ1) is 12.0. The summed E-state index contributed by atoms with van der Waals surface area (Å²) < 4.78 is 0. The van der Waals surface area contributed by atoms with Gasteiger partial charge in [0.2, 0.25) is 0 Å². The SMILES string of the molecule is CC1CN(C(=O)Nc2cccc3cn[nH]c23)CCN1. The van der Waals surface area contributed by atoms with Gasteiger partial charge in [-0.2, -0.15) is 5.10 Å². The lowest BCUT2D eigenvalue weighted by Crippen LogP contribution is -2.52. The Kier molecular flexibility index (Phi) is 3.08. The number of para-hydroxylation sites is 1. The summed E-state index contributed by atoms with van der Waals surface area (Å²) in [6.45, 7) is 4.37. The molecule has 0 spiro atoms. The number of urea groups is 1. The number of benzene rings is 1. The number of carbonyl (C=O) groups is 1. The molecule has 19 heavy (non-hydrogen) atoms. The van der Waals surface area contributed by atoms with Crippen LogP contribution in [0.15, 0.2) is 24.4 Å². The summed E-state index contributed by atoms with van der Waals surface area (Å²) in [5.74, 6) is 0. The second-order valence-electron chi connectivity index (χ2n) is 4.87. The summed E-state index contributed by atoms with van der Waals surface area (Å²) in [6.07, 6.45) is 1.75. The van der Waals surface area contributed by atoms with E-state index in [9.17, 15) is 4.79 Å². The highest BCUT2D eigenvalue weighted by molar-refractivity contribution is 5.99. The highest BCUT2D eigenvalue weighted by Gasteiger charge is 2.20. The van der Waals surface area contributed by atoms with Gasteiger partial charge in [0.05, 0.1) is 17.4 Å². The van der Waals surface area contributed by atoms with Gasteiger partial charge >= 0.3 is 6.03 Å². The molecule has 6 nitrogen and oxygen atoms in total. The molecule has 2 heterocycles. The second-order valence-corrected chi connectivity index (χ2v) is 4.87. The summed E-state index contributed by atoms with van der Waals surface area (Å²) >= 11 is 0. The molecule has 2 amide bonds. The van der Waals surface area contributed by atoms with Crippen molar-refractivity contribution in [3.8, 4) is 0 Å². The third kappa shape index (κ3) is 2.39. The Morgan fingerprint density at radius 1 is 1.53 bits per heavy atom. The van der Waals surface area contributed by atoms with Gasteiger partial charge in [0.25, 0.3) is 0 Å². The standard InChI is InChI=1S/C13H17N5O/c1-9-8-18(6-5-14-9)13(19)16-11-4-2-3-10-7-15-17-12(10)11/h2-4,7,9,14H,5-6,8H2,1H3,(H,15,17)(H,16,19). The number of nitrogens with zero attached hydrogens (tertiary/aromatic N) is 2. The van der Waals surface area contributed by atoms with Gasteiger partial charge in [0, 0.05) is 31.1 Å². The molecule has 1 aliphatic rings.